The first kappa shape index (κ1) is 16.0. The van der Waals surface area contributed by atoms with Crippen molar-refractivity contribution in [3.63, 3.8) is 0 Å². The summed E-state index contributed by atoms with van der Waals surface area (Å²) in [4.78, 5) is 10.0. The minimum Gasteiger partial charge on any atom is -0.356 e. The van der Waals surface area contributed by atoms with Crippen molar-refractivity contribution >= 4 is 17.3 Å². The zero-order valence-corrected chi connectivity index (χ0v) is 13.9. The van der Waals surface area contributed by atoms with Crippen LogP contribution in [0.25, 0.3) is 0 Å². The minimum atomic E-state index is 0.743. The second-order valence-electron chi connectivity index (χ2n) is 5.28. The zero-order valence-electron chi connectivity index (χ0n) is 13.1. The maximum Gasteiger partial charge on any atom is 0.191 e. The van der Waals surface area contributed by atoms with Crippen molar-refractivity contribution in [1.29, 1.82) is 0 Å². The van der Waals surface area contributed by atoms with E-state index in [1.165, 1.54) is 30.6 Å². The molecule has 0 spiro atoms. The average molecular weight is 306 g/mol. The Morgan fingerprint density at radius 1 is 1.38 bits per heavy atom. The number of aromatic nitrogens is 1. The highest BCUT2D eigenvalue weighted by atomic mass is 32.1. The number of hydrogen-bond acceptors (Lipinski definition) is 3. The Balaban J connectivity index is 1.69. The van der Waals surface area contributed by atoms with Gasteiger partial charge in [0, 0.05) is 24.7 Å². The molecule has 1 aromatic heterocycles. The lowest BCUT2D eigenvalue weighted by Crippen LogP contribution is -2.37. The van der Waals surface area contributed by atoms with Crippen LogP contribution in [0.4, 0.5) is 0 Å². The van der Waals surface area contributed by atoms with Gasteiger partial charge in [-0.3, -0.25) is 4.99 Å². The monoisotopic (exact) mass is 306 g/mol. The summed E-state index contributed by atoms with van der Waals surface area (Å²) in [5, 5.41) is 7.83. The molecule has 1 aliphatic rings. The van der Waals surface area contributed by atoms with Gasteiger partial charge in [-0.25, -0.2) is 4.98 Å². The predicted octanol–water partition coefficient (Wildman–Crippen LogP) is 3.26. The molecule has 0 saturated carbocycles. The second kappa shape index (κ2) is 8.82. The Hall–Kier alpha value is -1.36. The van der Waals surface area contributed by atoms with Gasteiger partial charge in [0.1, 0.15) is 5.01 Å². The summed E-state index contributed by atoms with van der Waals surface area (Å²) >= 11 is 1.77. The fourth-order valence-corrected chi connectivity index (χ4v) is 3.25. The van der Waals surface area contributed by atoms with Gasteiger partial charge in [-0.05, 0) is 38.5 Å². The molecule has 1 aliphatic carbocycles. The van der Waals surface area contributed by atoms with Gasteiger partial charge in [0.15, 0.2) is 5.96 Å². The molecule has 5 heteroatoms. The molecule has 2 rings (SSSR count). The third-order valence-corrected chi connectivity index (χ3v) is 4.85. The van der Waals surface area contributed by atoms with Crippen molar-refractivity contribution in [2.45, 2.75) is 52.0 Å². The number of guanidine groups is 1. The molecule has 21 heavy (non-hydrogen) atoms. The Morgan fingerprint density at radius 2 is 2.29 bits per heavy atom. The van der Waals surface area contributed by atoms with Crippen molar-refractivity contribution in [2.24, 2.45) is 4.99 Å². The molecule has 2 N–H and O–H groups in total. The third-order valence-electron chi connectivity index (χ3n) is 3.70. The third kappa shape index (κ3) is 5.50. The largest absolute Gasteiger partial charge is 0.356 e. The number of allylic oxidation sites excluding steroid dienone is 1. The summed E-state index contributed by atoms with van der Waals surface area (Å²) in [5.41, 5.74) is 1.59. The normalized spacial score (nSPS) is 15.7. The number of aliphatic imine (C=N–C) groups is 1. The number of hydrogen-bond donors (Lipinski definition) is 2. The fourth-order valence-electron chi connectivity index (χ4n) is 2.45. The lowest BCUT2D eigenvalue weighted by atomic mass is 9.97. The van der Waals surface area contributed by atoms with Crippen LogP contribution in [0, 0.1) is 0 Å². The summed E-state index contributed by atoms with van der Waals surface area (Å²) in [6.07, 6.45) is 11.8. The van der Waals surface area contributed by atoms with Gasteiger partial charge in [-0.2, -0.15) is 0 Å². The van der Waals surface area contributed by atoms with E-state index in [1.54, 1.807) is 16.9 Å². The van der Waals surface area contributed by atoms with Gasteiger partial charge >= 0.3 is 0 Å². The van der Waals surface area contributed by atoms with Gasteiger partial charge in [0.25, 0.3) is 0 Å². The second-order valence-corrected chi connectivity index (χ2v) is 6.48. The molecule has 116 valence electrons. The SMILES string of the molecule is CCc1cnc(CNC(=NC)NCCC2=CCCCC2)s1. The van der Waals surface area contributed by atoms with Gasteiger partial charge in [-0.1, -0.05) is 18.6 Å². The standard InChI is InChI=1S/C16H26N4S/c1-3-14-11-19-15(21-14)12-20-16(17-2)18-10-9-13-7-5-4-6-8-13/h7,11H,3-6,8-10,12H2,1-2H3,(H2,17,18,20). The van der Waals surface area contributed by atoms with Crippen molar-refractivity contribution in [2.75, 3.05) is 13.6 Å². The van der Waals surface area contributed by atoms with Gasteiger partial charge < -0.3 is 10.6 Å². The predicted molar refractivity (Wildman–Crippen MR) is 90.9 cm³/mol. The van der Waals surface area contributed by atoms with Crippen LogP contribution in [-0.2, 0) is 13.0 Å². The highest BCUT2D eigenvalue weighted by Gasteiger charge is 2.05. The van der Waals surface area contributed by atoms with Gasteiger partial charge in [0.2, 0.25) is 0 Å². The molecule has 0 saturated heterocycles. The fraction of sp³-hybridized carbons (Fsp3) is 0.625. The van der Waals surface area contributed by atoms with Crippen LogP contribution >= 0.6 is 11.3 Å². The van der Waals surface area contributed by atoms with E-state index in [2.05, 4.69) is 33.6 Å². The first-order valence-electron chi connectivity index (χ1n) is 7.87. The van der Waals surface area contributed by atoms with Crippen LogP contribution in [0.3, 0.4) is 0 Å². The average Bonchev–Trinajstić information content (AvgIpc) is 3.00. The smallest absolute Gasteiger partial charge is 0.191 e. The molecular formula is C16H26N4S. The van der Waals surface area contributed by atoms with Crippen LogP contribution < -0.4 is 10.6 Å². The number of rotatable bonds is 6. The van der Waals surface area contributed by atoms with Crippen molar-refractivity contribution in [3.05, 3.63) is 27.7 Å². The number of thiazole rings is 1. The summed E-state index contributed by atoms with van der Waals surface area (Å²) < 4.78 is 0. The molecule has 0 bridgehead atoms. The summed E-state index contributed by atoms with van der Waals surface area (Å²) in [6, 6.07) is 0. The lowest BCUT2D eigenvalue weighted by Gasteiger charge is -2.14. The topological polar surface area (TPSA) is 49.3 Å². The lowest BCUT2D eigenvalue weighted by molar-refractivity contribution is 0.665. The Labute approximate surface area is 131 Å². The van der Waals surface area contributed by atoms with Gasteiger partial charge in [0.05, 0.1) is 6.54 Å². The van der Waals surface area contributed by atoms with E-state index in [-0.39, 0.29) is 0 Å². The van der Waals surface area contributed by atoms with E-state index in [1.807, 2.05) is 13.2 Å². The first-order chi connectivity index (χ1) is 10.3. The number of aryl methyl sites for hydroxylation is 1. The summed E-state index contributed by atoms with van der Waals surface area (Å²) in [7, 11) is 1.81. The molecule has 1 aromatic rings. The van der Waals surface area contributed by atoms with E-state index in [9.17, 15) is 0 Å². The molecule has 0 fully saturated rings. The summed E-state index contributed by atoms with van der Waals surface area (Å²) in [6.45, 7) is 3.85. The quantitative estimate of drug-likeness (QED) is 0.482. The molecular weight excluding hydrogens is 280 g/mol. The molecule has 4 nitrogen and oxygen atoms in total. The minimum absolute atomic E-state index is 0.743. The van der Waals surface area contributed by atoms with Crippen LogP contribution in [0.15, 0.2) is 22.8 Å². The van der Waals surface area contributed by atoms with Gasteiger partial charge in [-0.15, -0.1) is 11.3 Å². The van der Waals surface area contributed by atoms with Crippen LogP contribution in [-0.4, -0.2) is 24.5 Å². The Bertz CT molecular complexity index is 490. The molecule has 0 aliphatic heterocycles. The molecule has 0 atom stereocenters. The maximum atomic E-state index is 4.41. The Morgan fingerprint density at radius 3 is 2.95 bits per heavy atom. The molecule has 0 amide bonds. The number of nitrogens with one attached hydrogen (secondary N) is 2. The Kier molecular flexibility index (Phi) is 6.73. The first-order valence-corrected chi connectivity index (χ1v) is 8.69. The van der Waals surface area contributed by atoms with Crippen LogP contribution in [0.2, 0.25) is 0 Å². The van der Waals surface area contributed by atoms with Crippen molar-refractivity contribution in [3.8, 4) is 0 Å². The van der Waals surface area contributed by atoms with E-state index >= 15 is 0 Å². The number of nitrogens with zero attached hydrogens (tertiary/aromatic N) is 2. The van der Waals surface area contributed by atoms with Crippen LogP contribution in [0.5, 0.6) is 0 Å². The van der Waals surface area contributed by atoms with Crippen LogP contribution in [0.1, 0.15) is 48.9 Å². The van der Waals surface area contributed by atoms with Crippen molar-refractivity contribution < 1.29 is 0 Å². The highest BCUT2D eigenvalue weighted by molar-refractivity contribution is 7.11. The highest BCUT2D eigenvalue weighted by Crippen LogP contribution is 2.19. The summed E-state index contributed by atoms with van der Waals surface area (Å²) in [5.74, 6) is 0.861. The van der Waals surface area contributed by atoms with Crippen molar-refractivity contribution in [1.82, 2.24) is 15.6 Å². The van der Waals surface area contributed by atoms with E-state index in [0.29, 0.717) is 0 Å². The molecule has 1 heterocycles. The van der Waals surface area contributed by atoms with E-state index < -0.39 is 0 Å². The van der Waals surface area contributed by atoms with E-state index in [4.69, 9.17) is 0 Å². The molecule has 0 aromatic carbocycles. The molecule has 0 radical (unpaired) electrons. The maximum absolute atomic E-state index is 4.41. The van der Waals surface area contributed by atoms with E-state index in [0.717, 1.165) is 36.9 Å². The molecule has 0 unspecified atom stereocenters. The zero-order chi connectivity index (χ0) is 14.9.